The van der Waals surface area contributed by atoms with E-state index in [4.69, 9.17) is 9.47 Å². The maximum atomic E-state index is 12.7. The Morgan fingerprint density at radius 2 is 1.75 bits per heavy atom. The second kappa shape index (κ2) is 12.4. The molecule has 0 saturated carbocycles. The van der Waals surface area contributed by atoms with E-state index in [1.165, 1.54) is 6.21 Å². The van der Waals surface area contributed by atoms with Crippen molar-refractivity contribution < 1.29 is 19.1 Å². The molecule has 2 aromatic carbocycles. The van der Waals surface area contributed by atoms with Gasteiger partial charge in [0, 0.05) is 5.56 Å². The first-order valence-corrected chi connectivity index (χ1v) is 11.6. The molecule has 0 aliphatic heterocycles. The van der Waals surface area contributed by atoms with Crippen LogP contribution in [0.3, 0.4) is 0 Å². The van der Waals surface area contributed by atoms with E-state index in [9.17, 15) is 9.59 Å². The number of nitrogens with one attached hydrogen (secondary N) is 2. The number of hydrogen-bond acceptors (Lipinski definition) is 5. The van der Waals surface area contributed by atoms with Gasteiger partial charge in [-0.05, 0) is 79.1 Å². The quantitative estimate of drug-likeness (QED) is 0.262. The molecule has 0 heterocycles. The smallest absolute Gasteiger partial charge is 0.262 e. The van der Waals surface area contributed by atoms with Crippen molar-refractivity contribution in [3.05, 3.63) is 56.7 Å². The third-order valence-corrected chi connectivity index (χ3v) is 5.36. The Bertz CT molecular complexity index is 958. The van der Waals surface area contributed by atoms with Gasteiger partial charge in [-0.3, -0.25) is 9.59 Å². The van der Waals surface area contributed by atoms with Gasteiger partial charge in [-0.25, -0.2) is 5.43 Å². The van der Waals surface area contributed by atoms with Crippen molar-refractivity contribution in [1.82, 2.24) is 10.7 Å². The molecule has 0 aliphatic carbocycles. The van der Waals surface area contributed by atoms with Gasteiger partial charge in [-0.1, -0.05) is 31.5 Å². The first-order valence-electron chi connectivity index (χ1n) is 10.6. The highest BCUT2D eigenvalue weighted by Crippen LogP contribution is 2.33. The maximum Gasteiger partial charge on any atom is 0.262 e. The molecule has 0 aliphatic rings. The van der Waals surface area contributed by atoms with Crippen LogP contribution in [0.15, 0.2) is 41.5 Å². The second-order valence-electron chi connectivity index (χ2n) is 7.49. The van der Waals surface area contributed by atoms with Gasteiger partial charge in [0.15, 0.2) is 11.5 Å². The van der Waals surface area contributed by atoms with Crippen LogP contribution in [0.1, 0.15) is 49.2 Å². The summed E-state index contributed by atoms with van der Waals surface area (Å²) in [5.74, 6) is 0.512. The van der Waals surface area contributed by atoms with Gasteiger partial charge in [-0.15, -0.1) is 0 Å². The molecule has 2 aromatic rings. The van der Waals surface area contributed by atoms with E-state index >= 15 is 0 Å². The van der Waals surface area contributed by atoms with Crippen molar-refractivity contribution in [2.24, 2.45) is 11.0 Å². The number of nitrogens with zero attached hydrogens (tertiary/aromatic N) is 1. The molecular formula is C24H30IN3O4. The zero-order valence-corrected chi connectivity index (χ0v) is 21.2. The molecule has 0 spiro atoms. The lowest BCUT2D eigenvalue weighted by Gasteiger charge is -2.20. The molecule has 2 N–H and O–H groups in total. The average Bonchev–Trinajstić information content (AvgIpc) is 2.74. The van der Waals surface area contributed by atoms with E-state index in [0.29, 0.717) is 30.3 Å². The summed E-state index contributed by atoms with van der Waals surface area (Å²) in [6, 6.07) is 10.2. The lowest BCUT2D eigenvalue weighted by atomic mass is 10.0. The summed E-state index contributed by atoms with van der Waals surface area (Å²) in [5.41, 5.74) is 4.85. The molecule has 0 aromatic heterocycles. The fourth-order valence-corrected chi connectivity index (χ4v) is 3.70. The van der Waals surface area contributed by atoms with Gasteiger partial charge in [0.25, 0.3) is 11.8 Å². The Kier molecular flexibility index (Phi) is 9.96. The summed E-state index contributed by atoms with van der Waals surface area (Å²) in [6.07, 6.45) is 1.54. The zero-order valence-electron chi connectivity index (χ0n) is 19.1. The second-order valence-corrected chi connectivity index (χ2v) is 8.65. The highest BCUT2D eigenvalue weighted by molar-refractivity contribution is 14.1. The molecule has 0 saturated heterocycles. The number of amides is 2. The molecule has 2 rings (SSSR count). The van der Waals surface area contributed by atoms with Crippen molar-refractivity contribution in [2.45, 2.75) is 40.7 Å². The Hall–Kier alpha value is -2.62. The maximum absolute atomic E-state index is 12.7. The Morgan fingerprint density at radius 1 is 1.09 bits per heavy atom. The number of benzene rings is 2. The Labute approximate surface area is 203 Å². The van der Waals surface area contributed by atoms with Gasteiger partial charge in [-0.2, -0.15) is 5.10 Å². The predicted octanol–water partition coefficient (Wildman–Crippen LogP) is 4.30. The van der Waals surface area contributed by atoms with E-state index in [1.807, 2.05) is 58.9 Å². The number of hydrazone groups is 1. The van der Waals surface area contributed by atoms with Crippen LogP contribution >= 0.6 is 22.6 Å². The van der Waals surface area contributed by atoms with Crippen LogP contribution in [0.25, 0.3) is 0 Å². The summed E-state index contributed by atoms with van der Waals surface area (Å²) in [5, 5.41) is 6.87. The van der Waals surface area contributed by atoms with Crippen molar-refractivity contribution in [2.75, 3.05) is 13.2 Å². The summed E-state index contributed by atoms with van der Waals surface area (Å²) in [6.45, 7) is 10.5. The van der Waals surface area contributed by atoms with E-state index in [0.717, 1.165) is 14.7 Å². The average molecular weight is 551 g/mol. The van der Waals surface area contributed by atoms with E-state index in [2.05, 4.69) is 38.4 Å². The van der Waals surface area contributed by atoms with Crippen molar-refractivity contribution >= 4 is 40.6 Å². The fourth-order valence-electron chi connectivity index (χ4n) is 2.91. The number of ether oxygens (including phenoxy) is 2. The van der Waals surface area contributed by atoms with Crippen LogP contribution in [-0.2, 0) is 4.79 Å². The summed E-state index contributed by atoms with van der Waals surface area (Å²) in [4.78, 5) is 25.2. The standard InChI is InChI=1S/C24H30IN3O4/c1-6-31-20-13-17(12-19(25)22(20)32-7-2)14-26-28-24(30)21(15(3)4)27-23(29)18-10-8-16(5)9-11-18/h8-15,21H,6-7H2,1-5H3,(H,27,29)(H,28,30). The monoisotopic (exact) mass is 551 g/mol. The first-order chi connectivity index (χ1) is 15.3. The third-order valence-electron chi connectivity index (χ3n) is 4.56. The van der Waals surface area contributed by atoms with Crippen LogP contribution < -0.4 is 20.2 Å². The SMILES string of the molecule is CCOc1cc(C=NNC(=O)C(NC(=O)c2ccc(C)cc2)C(C)C)cc(I)c1OCC. The normalized spacial score (nSPS) is 12.0. The number of rotatable bonds is 10. The third kappa shape index (κ3) is 7.22. The van der Waals surface area contributed by atoms with Crippen LogP contribution in [0.5, 0.6) is 11.5 Å². The fraction of sp³-hybridized carbons (Fsp3) is 0.375. The molecular weight excluding hydrogens is 521 g/mol. The molecule has 1 atom stereocenters. The van der Waals surface area contributed by atoms with Gasteiger partial charge in [0.05, 0.1) is 23.0 Å². The summed E-state index contributed by atoms with van der Waals surface area (Å²) < 4.78 is 12.2. The summed E-state index contributed by atoms with van der Waals surface area (Å²) in [7, 11) is 0. The molecule has 0 fully saturated rings. The minimum absolute atomic E-state index is 0.115. The van der Waals surface area contributed by atoms with Crippen LogP contribution in [-0.4, -0.2) is 37.3 Å². The first kappa shape index (κ1) is 25.6. The van der Waals surface area contributed by atoms with Gasteiger partial charge >= 0.3 is 0 Å². The highest BCUT2D eigenvalue weighted by atomic mass is 127. The highest BCUT2D eigenvalue weighted by Gasteiger charge is 2.24. The van der Waals surface area contributed by atoms with E-state index < -0.39 is 6.04 Å². The van der Waals surface area contributed by atoms with E-state index in [-0.39, 0.29) is 17.7 Å². The van der Waals surface area contributed by atoms with Gasteiger partial charge in [0.1, 0.15) is 6.04 Å². The minimum atomic E-state index is -0.722. The Morgan fingerprint density at radius 3 is 2.34 bits per heavy atom. The number of carbonyl (C=O) groups is 2. The lowest BCUT2D eigenvalue weighted by Crippen LogP contribution is -2.48. The van der Waals surface area contributed by atoms with Crippen LogP contribution in [0, 0.1) is 16.4 Å². The summed E-state index contributed by atoms with van der Waals surface area (Å²) >= 11 is 2.18. The largest absolute Gasteiger partial charge is 0.490 e. The molecule has 172 valence electrons. The van der Waals surface area contributed by atoms with Crippen molar-refractivity contribution in [1.29, 1.82) is 0 Å². The predicted molar refractivity (Wildman–Crippen MR) is 135 cm³/mol. The van der Waals surface area contributed by atoms with Crippen LogP contribution in [0.2, 0.25) is 0 Å². The molecule has 1 unspecified atom stereocenters. The number of carbonyl (C=O) groups excluding carboxylic acids is 2. The van der Waals surface area contributed by atoms with Crippen molar-refractivity contribution in [3.8, 4) is 11.5 Å². The lowest BCUT2D eigenvalue weighted by molar-refractivity contribution is -0.123. The number of halogens is 1. The van der Waals surface area contributed by atoms with Crippen LogP contribution in [0.4, 0.5) is 0 Å². The Balaban J connectivity index is 2.09. The molecule has 32 heavy (non-hydrogen) atoms. The number of aryl methyl sites for hydroxylation is 1. The number of hydrogen-bond donors (Lipinski definition) is 2. The molecule has 8 heteroatoms. The molecule has 0 bridgehead atoms. The molecule has 0 radical (unpaired) electrons. The van der Waals surface area contributed by atoms with Crippen molar-refractivity contribution in [3.63, 3.8) is 0 Å². The van der Waals surface area contributed by atoms with Gasteiger partial charge in [0.2, 0.25) is 0 Å². The minimum Gasteiger partial charge on any atom is -0.490 e. The molecule has 2 amide bonds. The zero-order chi connectivity index (χ0) is 23.7. The van der Waals surface area contributed by atoms with Gasteiger partial charge < -0.3 is 14.8 Å². The van der Waals surface area contributed by atoms with E-state index in [1.54, 1.807) is 12.1 Å². The molecule has 7 nitrogen and oxygen atoms in total. The topological polar surface area (TPSA) is 89.0 Å².